The Labute approximate surface area is 439 Å². The summed E-state index contributed by atoms with van der Waals surface area (Å²) in [5, 5.41) is 33.1. The van der Waals surface area contributed by atoms with Crippen LogP contribution in [0.25, 0.3) is 36.5 Å². The van der Waals surface area contributed by atoms with Gasteiger partial charge in [-0.05, 0) is 126 Å². The summed E-state index contributed by atoms with van der Waals surface area (Å²) in [6.07, 6.45) is 11.2. The molecule has 0 spiro atoms. The van der Waals surface area contributed by atoms with Gasteiger partial charge in [-0.3, -0.25) is 0 Å². The summed E-state index contributed by atoms with van der Waals surface area (Å²) >= 11 is 0. The third-order valence-corrected chi connectivity index (χ3v) is 12.8. The first-order chi connectivity index (χ1) is 37.1. The zero-order valence-corrected chi connectivity index (χ0v) is 40.9. The van der Waals surface area contributed by atoms with E-state index in [-0.39, 0.29) is 16.7 Å². The number of anilines is 9. The monoisotopic (exact) mass is 960 g/mol. The average Bonchev–Trinajstić information content (AvgIpc) is 3.48. The first-order valence-corrected chi connectivity index (χ1v) is 24.6. The van der Waals surface area contributed by atoms with E-state index in [1.807, 2.05) is 182 Å². The highest BCUT2D eigenvalue weighted by molar-refractivity contribution is 5.91. The van der Waals surface area contributed by atoms with Crippen LogP contribution in [0, 0.1) is 34.0 Å². The maximum atomic E-state index is 11.0. The zero-order chi connectivity index (χ0) is 51.2. The highest BCUT2D eigenvalue weighted by atomic mass is 15.2. The molecular formula is C69H48N6. The van der Waals surface area contributed by atoms with Gasteiger partial charge in [0.05, 0.1) is 16.7 Å². The van der Waals surface area contributed by atoms with E-state index >= 15 is 0 Å². The molecule has 10 rings (SSSR count). The Balaban J connectivity index is 1.04. The van der Waals surface area contributed by atoms with Crippen molar-refractivity contribution in [2.24, 2.45) is 0 Å². The summed E-state index contributed by atoms with van der Waals surface area (Å²) in [5.74, 6) is 0. The van der Waals surface area contributed by atoms with Crippen LogP contribution in [-0.2, 0) is 0 Å². The quantitative estimate of drug-likeness (QED) is 0.0952. The Morgan fingerprint density at radius 2 is 0.387 bits per heavy atom. The molecule has 0 aliphatic heterocycles. The number of benzene rings is 10. The molecule has 0 bridgehead atoms. The highest BCUT2D eigenvalue weighted by Crippen LogP contribution is 2.38. The molecule has 0 unspecified atom stereocenters. The van der Waals surface area contributed by atoms with Crippen molar-refractivity contribution in [3.63, 3.8) is 0 Å². The van der Waals surface area contributed by atoms with E-state index in [9.17, 15) is 15.8 Å². The van der Waals surface area contributed by atoms with E-state index in [1.165, 1.54) is 0 Å². The summed E-state index contributed by atoms with van der Waals surface area (Å²) in [6, 6.07) is 93.0. The van der Waals surface area contributed by atoms with E-state index < -0.39 is 0 Å². The second kappa shape index (κ2) is 23.0. The molecule has 0 N–H and O–H groups in total. The second-order valence-electron chi connectivity index (χ2n) is 17.5. The molecule has 0 saturated heterocycles. The van der Waals surface area contributed by atoms with Crippen molar-refractivity contribution in [2.45, 2.75) is 0 Å². The van der Waals surface area contributed by atoms with Crippen LogP contribution in [0.5, 0.6) is 0 Å². The molecule has 0 amide bonds. The number of nitrogens with zero attached hydrogens (tertiary/aromatic N) is 6. The van der Waals surface area contributed by atoms with Gasteiger partial charge in [0.25, 0.3) is 0 Å². The SMILES string of the molecule is N#Cc1c(/C=C/c2ccc(N(c3ccccc3)c3ccccc3)cc2)c(C#N)c(/C=C/c2ccc(N(c3ccccc3)c3ccccc3)cc2)c(C#N)c1/C=C/c1ccc(N(c2ccccc2)c2ccccc2)cc1. The van der Waals surface area contributed by atoms with Gasteiger partial charge >= 0.3 is 0 Å². The molecule has 0 fully saturated rings. The van der Waals surface area contributed by atoms with Crippen LogP contribution in [-0.4, -0.2) is 0 Å². The molecule has 354 valence electrons. The van der Waals surface area contributed by atoms with E-state index in [1.54, 1.807) is 0 Å². The Kier molecular flexibility index (Phi) is 14.7. The number of rotatable bonds is 15. The molecule has 0 aliphatic carbocycles. The fraction of sp³-hybridized carbons (Fsp3) is 0. The summed E-state index contributed by atoms with van der Waals surface area (Å²) in [5.41, 5.74) is 13.6. The first kappa shape index (κ1) is 47.9. The van der Waals surface area contributed by atoms with Crippen molar-refractivity contribution in [3.8, 4) is 18.2 Å². The van der Waals surface area contributed by atoms with Crippen LogP contribution in [0.2, 0.25) is 0 Å². The molecule has 10 aromatic carbocycles. The fourth-order valence-corrected chi connectivity index (χ4v) is 9.22. The smallest absolute Gasteiger partial charge is 0.100 e. The minimum atomic E-state index is 0.228. The maximum absolute atomic E-state index is 11.0. The molecule has 6 heteroatoms. The lowest BCUT2D eigenvalue weighted by atomic mass is 9.86. The molecule has 0 aliphatic rings. The van der Waals surface area contributed by atoms with Crippen molar-refractivity contribution in [3.05, 3.63) is 305 Å². The summed E-state index contributed by atoms with van der Waals surface area (Å²) < 4.78 is 0. The van der Waals surface area contributed by atoms with Gasteiger partial charge in [-0.15, -0.1) is 0 Å². The summed E-state index contributed by atoms with van der Waals surface area (Å²) in [7, 11) is 0. The maximum Gasteiger partial charge on any atom is 0.100 e. The van der Waals surface area contributed by atoms with Crippen molar-refractivity contribution < 1.29 is 0 Å². The zero-order valence-electron chi connectivity index (χ0n) is 40.9. The molecule has 10 aromatic rings. The lowest BCUT2D eigenvalue weighted by Crippen LogP contribution is -2.09. The van der Waals surface area contributed by atoms with Crippen LogP contribution < -0.4 is 14.7 Å². The molecule has 0 heterocycles. The van der Waals surface area contributed by atoms with Crippen molar-refractivity contribution in [1.82, 2.24) is 0 Å². The first-order valence-electron chi connectivity index (χ1n) is 24.6. The standard InChI is InChI=1S/C69H48N6/c70-49-67-64(46-37-52-31-40-61(41-32-52)73(55-19-7-1-8-20-55)56-21-9-2-10-22-56)68(50-71)66(48-39-54-35-44-63(45-36-54)75(59-27-15-5-16-28-59)60-29-17-6-18-30-60)69(51-72)65(67)47-38-53-33-42-62(43-34-53)74(57-23-11-3-12-24-57)58-25-13-4-14-26-58/h1-48H/b46-37+,47-38+,48-39+. The third-order valence-electron chi connectivity index (χ3n) is 12.8. The predicted octanol–water partition coefficient (Wildman–Crippen LogP) is 18.2. The predicted molar refractivity (Wildman–Crippen MR) is 311 cm³/mol. The number of nitriles is 3. The third kappa shape index (κ3) is 10.8. The summed E-state index contributed by atoms with van der Waals surface area (Å²) in [6.45, 7) is 0. The van der Waals surface area contributed by atoms with Gasteiger partial charge in [0, 0.05) is 67.9 Å². The Morgan fingerprint density at radius 1 is 0.213 bits per heavy atom. The van der Waals surface area contributed by atoms with Gasteiger partial charge in [-0.1, -0.05) is 182 Å². The van der Waals surface area contributed by atoms with E-state index in [2.05, 4.69) is 142 Å². The van der Waals surface area contributed by atoms with Gasteiger partial charge in [0.1, 0.15) is 18.2 Å². The van der Waals surface area contributed by atoms with Crippen molar-refractivity contribution in [2.75, 3.05) is 14.7 Å². The Morgan fingerprint density at radius 3 is 0.560 bits per heavy atom. The minimum Gasteiger partial charge on any atom is -0.311 e. The normalized spacial score (nSPS) is 11.0. The molecule has 6 nitrogen and oxygen atoms in total. The van der Waals surface area contributed by atoms with Crippen LogP contribution >= 0.6 is 0 Å². The number of hydrogen-bond acceptors (Lipinski definition) is 6. The average molecular weight is 961 g/mol. The molecule has 75 heavy (non-hydrogen) atoms. The molecular weight excluding hydrogens is 913 g/mol. The van der Waals surface area contributed by atoms with E-state index in [4.69, 9.17) is 0 Å². The van der Waals surface area contributed by atoms with Crippen molar-refractivity contribution in [1.29, 1.82) is 15.8 Å². The topological polar surface area (TPSA) is 81.1 Å². The van der Waals surface area contributed by atoms with Gasteiger partial charge in [-0.2, -0.15) is 15.8 Å². The minimum absolute atomic E-state index is 0.228. The molecule has 0 radical (unpaired) electrons. The van der Waals surface area contributed by atoms with Gasteiger partial charge in [0.2, 0.25) is 0 Å². The van der Waals surface area contributed by atoms with Gasteiger partial charge in [-0.25, -0.2) is 0 Å². The lowest BCUT2D eigenvalue weighted by Gasteiger charge is -2.25. The lowest BCUT2D eigenvalue weighted by molar-refractivity contribution is 1.28. The largest absolute Gasteiger partial charge is 0.311 e. The van der Waals surface area contributed by atoms with E-state index in [0.717, 1.165) is 67.9 Å². The van der Waals surface area contributed by atoms with Gasteiger partial charge in [0.15, 0.2) is 0 Å². The fourth-order valence-electron chi connectivity index (χ4n) is 9.22. The molecule has 0 saturated carbocycles. The molecule has 0 atom stereocenters. The summed E-state index contributed by atoms with van der Waals surface area (Å²) in [4.78, 5) is 6.58. The van der Waals surface area contributed by atoms with Crippen LogP contribution in [0.1, 0.15) is 50.1 Å². The van der Waals surface area contributed by atoms with Crippen LogP contribution in [0.15, 0.2) is 255 Å². The van der Waals surface area contributed by atoms with Gasteiger partial charge < -0.3 is 14.7 Å². The second-order valence-corrected chi connectivity index (χ2v) is 17.5. The van der Waals surface area contributed by atoms with E-state index in [0.29, 0.717) is 16.7 Å². The number of hydrogen-bond donors (Lipinski definition) is 0. The highest BCUT2D eigenvalue weighted by Gasteiger charge is 2.22. The number of para-hydroxylation sites is 6. The van der Waals surface area contributed by atoms with Crippen molar-refractivity contribution >= 4 is 87.6 Å². The molecule has 0 aromatic heterocycles. The van der Waals surface area contributed by atoms with Crippen LogP contribution in [0.4, 0.5) is 51.2 Å². The Bertz CT molecular complexity index is 3200. The van der Waals surface area contributed by atoms with Crippen LogP contribution in [0.3, 0.4) is 0 Å². The Hall–Kier alpha value is -10.7.